The number of anilines is 1. The lowest BCUT2D eigenvalue weighted by Gasteiger charge is -2.35. The molecule has 6 nitrogen and oxygen atoms in total. The van der Waals surface area contributed by atoms with Gasteiger partial charge in [0.2, 0.25) is 11.8 Å². The third-order valence-electron chi connectivity index (χ3n) is 5.40. The monoisotopic (exact) mass is 466 g/mol. The molecule has 1 aliphatic rings. The molecule has 1 aliphatic heterocycles. The van der Waals surface area contributed by atoms with Crippen LogP contribution in [0.25, 0.3) is 0 Å². The van der Waals surface area contributed by atoms with Gasteiger partial charge in [0, 0.05) is 38.3 Å². The van der Waals surface area contributed by atoms with Crippen molar-refractivity contribution in [2.24, 2.45) is 0 Å². The van der Waals surface area contributed by atoms with Gasteiger partial charge in [-0.3, -0.25) is 19.4 Å². The highest BCUT2D eigenvalue weighted by Gasteiger charge is 2.33. The van der Waals surface area contributed by atoms with Gasteiger partial charge in [0.1, 0.15) is 5.82 Å². The van der Waals surface area contributed by atoms with Gasteiger partial charge in [-0.1, -0.05) is 30.3 Å². The fraction of sp³-hybridized carbons (Fsp3) is 0.391. The molecule has 0 spiro atoms. The molecule has 0 bridgehead atoms. The number of alkyl halides is 3. The maximum atomic E-state index is 13.8. The highest BCUT2D eigenvalue weighted by Crippen LogP contribution is 2.34. The Bertz CT molecular complexity index is 975. The first-order valence-electron chi connectivity index (χ1n) is 10.5. The van der Waals surface area contributed by atoms with E-state index in [4.69, 9.17) is 0 Å². The Balaban J connectivity index is 1.45. The average Bonchev–Trinajstić information content (AvgIpc) is 2.75. The number of piperazine rings is 1. The summed E-state index contributed by atoms with van der Waals surface area (Å²) in [5.74, 6) is -1.07. The number of benzene rings is 2. The number of amides is 2. The summed E-state index contributed by atoms with van der Waals surface area (Å²) < 4.78 is 53.1. The quantitative estimate of drug-likeness (QED) is 0.638. The summed E-state index contributed by atoms with van der Waals surface area (Å²) in [6.45, 7) is 2.34. The van der Waals surface area contributed by atoms with E-state index < -0.39 is 17.6 Å². The number of hydrogen-bond donors (Lipinski definition) is 1. The van der Waals surface area contributed by atoms with Crippen molar-refractivity contribution in [2.75, 3.05) is 51.6 Å². The van der Waals surface area contributed by atoms with E-state index in [-0.39, 0.29) is 30.5 Å². The molecule has 0 saturated carbocycles. The Labute approximate surface area is 189 Å². The molecule has 1 saturated heterocycles. The van der Waals surface area contributed by atoms with Gasteiger partial charge in [-0.2, -0.15) is 13.2 Å². The van der Waals surface area contributed by atoms with Crippen LogP contribution in [0.2, 0.25) is 0 Å². The number of nitrogens with zero attached hydrogens (tertiary/aromatic N) is 3. The first-order valence-corrected chi connectivity index (χ1v) is 10.5. The molecule has 33 heavy (non-hydrogen) atoms. The van der Waals surface area contributed by atoms with Crippen molar-refractivity contribution < 1.29 is 27.2 Å². The van der Waals surface area contributed by atoms with Crippen LogP contribution in [0.1, 0.15) is 11.1 Å². The van der Waals surface area contributed by atoms with Gasteiger partial charge in [0.15, 0.2) is 0 Å². The van der Waals surface area contributed by atoms with Crippen molar-refractivity contribution in [2.45, 2.75) is 12.7 Å². The van der Waals surface area contributed by atoms with Crippen molar-refractivity contribution >= 4 is 17.5 Å². The highest BCUT2D eigenvalue weighted by atomic mass is 19.4. The molecule has 2 amide bonds. The van der Waals surface area contributed by atoms with E-state index in [0.717, 1.165) is 6.07 Å². The van der Waals surface area contributed by atoms with Crippen molar-refractivity contribution in [1.82, 2.24) is 14.7 Å². The fourth-order valence-electron chi connectivity index (χ4n) is 3.68. The van der Waals surface area contributed by atoms with E-state index in [2.05, 4.69) is 10.2 Å². The molecular formula is C23H26F4N4O2. The van der Waals surface area contributed by atoms with Crippen molar-refractivity contribution in [3.63, 3.8) is 0 Å². The van der Waals surface area contributed by atoms with Crippen LogP contribution in [0.5, 0.6) is 0 Å². The number of halogens is 4. The minimum atomic E-state index is -4.58. The Hall–Kier alpha value is -2.98. The van der Waals surface area contributed by atoms with Gasteiger partial charge in [0.05, 0.1) is 24.3 Å². The SMILES string of the molecule is CN(CC(=O)Nc1ccccc1C(F)(F)F)CC(=O)N1CCN(Cc2ccccc2F)CC1. The normalized spacial score (nSPS) is 15.0. The van der Waals surface area contributed by atoms with E-state index in [1.807, 2.05) is 0 Å². The zero-order chi connectivity index (χ0) is 24.0. The lowest BCUT2D eigenvalue weighted by molar-refractivity contribution is -0.137. The van der Waals surface area contributed by atoms with Gasteiger partial charge in [-0.25, -0.2) is 4.39 Å². The Morgan fingerprint density at radius 1 is 0.970 bits per heavy atom. The summed E-state index contributed by atoms with van der Waals surface area (Å²) in [6, 6.07) is 11.3. The van der Waals surface area contributed by atoms with Crippen LogP contribution in [0.4, 0.5) is 23.2 Å². The molecule has 1 heterocycles. The van der Waals surface area contributed by atoms with Gasteiger partial charge < -0.3 is 10.2 Å². The Kier molecular flexibility index (Phi) is 8.04. The Morgan fingerprint density at radius 2 is 1.61 bits per heavy atom. The molecule has 10 heteroatoms. The number of nitrogens with one attached hydrogen (secondary N) is 1. The molecule has 1 N–H and O–H groups in total. The smallest absolute Gasteiger partial charge is 0.339 e. The molecule has 3 rings (SSSR count). The molecule has 0 aromatic heterocycles. The maximum Gasteiger partial charge on any atom is 0.418 e. The molecule has 0 atom stereocenters. The van der Waals surface area contributed by atoms with Crippen LogP contribution < -0.4 is 5.32 Å². The molecule has 2 aromatic carbocycles. The average molecular weight is 466 g/mol. The number of carbonyl (C=O) groups excluding carboxylic acids is 2. The zero-order valence-corrected chi connectivity index (χ0v) is 18.2. The maximum absolute atomic E-state index is 13.8. The van der Waals surface area contributed by atoms with Crippen LogP contribution in [0.15, 0.2) is 48.5 Å². The second-order valence-electron chi connectivity index (χ2n) is 8.01. The Morgan fingerprint density at radius 3 is 2.27 bits per heavy atom. The van der Waals surface area contributed by atoms with E-state index in [1.54, 1.807) is 30.1 Å². The highest BCUT2D eigenvalue weighted by molar-refractivity contribution is 5.93. The second kappa shape index (κ2) is 10.8. The van der Waals surface area contributed by atoms with Crippen molar-refractivity contribution in [3.8, 4) is 0 Å². The van der Waals surface area contributed by atoms with Crippen LogP contribution in [0, 0.1) is 5.82 Å². The van der Waals surface area contributed by atoms with Crippen LogP contribution in [-0.4, -0.2) is 72.8 Å². The molecule has 0 unspecified atom stereocenters. The molecule has 0 radical (unpaired) electrons. The lowest BCUT2D eigenvalue weighted by atomic mass is 10.1. The summed E-state index contributed by atoms with van der Waals surface area (Å²) >= 11 is 0. The minimum Gasteiger partial charge on any atom is -0.339 e. The van der Waals surface area contributed by atoms with Gasteiger partial charge >= 0.3 is 6.18 Å². The molecule has 178 valence electrons. The van der Waals surface area contributed by atoms with E-state index >= 15 is 0 Å². The van der Waals surface area contributed by atoms with E-state index in [9.17, 15) is 27.2 Å². The first kappa shape index (κ1) is 24.7. The zero-order valence-electron chi connectivity index (χ0n) is 18.2. The van der Waals surface area contributed by atoms with Crippen LogP contribution >= 0.6 is 0 Å². The van der Waals surface area contributed by atoms with Crippen molar-refractivity contribution in [3.05, 3.63) is 65.5 Å². The van der Waals surface area contributed by atoms with Gasteiger partial charge in [-0.05, 0) is 25.2 Å². The van der Waals surface area contributed by atoms with Crippen LogP contribution in [-0.2, 0) is 22.3 Å². The fourth-order valence-corrected chi connectivity index (χ4v) is 3.68. The summed E-state index contributed by atoms with van der Waals surface area (Å²) in [4.78, 5) is 30.0. The topological polar surface area (TPSA) is 55.9 Å². The summed E-state index contributed by atoms with van der Waals surface area (Å²) in [6.07, 6.45) is -4.58. The summed E-state index contributed by atoms with van der Waals surface area (Å²) in [5, 5.41) is 2.27. The molecule has 0 aliphatic carbocycles. The van der Waals surface area contributed by atoms with Crippen LogP contribution in [0.3, 0.4) is 0 Å². The molecule has 1 fully saturated rings. The third kappa shape index (κ3) is 7.00. The van der Waals surface area contributed by atoms with Crippen molar-refractivity contribution in [1.29, 1.82) is 0 Å². The predicted octanol–water partition coefficient (Wildman–Crippen LogP) is 3.06. The van der Waals surface area contributed by atoms with E-state index in [0.29, 0.717) is 38.3 Å². The molecule has 2 aromatic rings. The summed E-state index contributed by atoms with van der Waals surface area (Å²) in [7, 11) is 1.56. The van der Waals surface area contributed by atoms with Gasteiger partial charge in [0.25, 0.3) is 0 Å². The van der Waals surface area contributed by atoms with Gasteiger partial charge in [-0.15, -0.1) is 0 Å². The number of para-hydroxylation sites is 1. The minimum absolute atomic E-state index is 0.0400. The third-order valence-corrected chi connectivity index (χ3v) is 5.40. The standard InChI is InChI=1S/C23H26F4N4O2/c1-29(15-21(32)28-20-9-5-3-7-18(20)23(25,26)27)16-22(33)31-12-10-30(11-13-31)14-17-6-2-4-8-19(17)24/h2-9H,10-16H2,1H3,(H,28,32). The largest absolute Gasteiger partial charge is 0.418 e. The lowest BCUT2D eigenvalue weighted by Crippen LogP contribution is -2.51. The summed E-state index contributed by atoms with van der Waals surface area (Å²) in [5.41, 5.74) is -0.638. The number of likely N-dealkylation sites (N-methyl/N-ethyl adjacent to an activating group) is 1. The number of hydrogen-bond acceptors (Lipinski definition) is 4. The number of rotatable bonds is 7. The van der Waals surface area contributed by atoms with E-state index in [1.165, 1.54) is 29.2 Å². The predicted molar refractivity (Wildman–Crippen MR) is 116 cm³/mol. The molecular weight excluding hydrogens is 440 g/mol. The second-order valence-corrected chi connectivity index (χ2v) is 8.01. The number of carbonyl (C=O) groups is 2. The first-order chi connectivity index (χ1) is 15.6.